The van der Waals surface area contributed by atoms with E-state index in [0.29, 0.717) is 23.5 Å². The highest BCUT2D eigenvalue weighted by Gasteiger charge is 2.25. The van der Waals surface area contributed by atoms with Gasteiger partial charge in [-0.3, -0.25) is 9.59 Å². The first kappa shape index (κ1) is 18.9. The summed E-state index contributed by atoms with van der Waals surface area (Å²) in [5.74, 6) is -0.341. The van der Waals surface area contributed by atoms with E-state index in [1.807, 2.05) is 0 Å². The highest BCUT2D eigenvalue weighted by Crippen LogP contribution is 2.32. The first-order valence-electron chi connectivity index (χ1n) is 8.56. The Morgan fingerprint density at radius 1 is 1.22 bits per heavy atom. The molecule has 1 aliphatic heterocycles. The Balaban J connectivity index is 1.87. The molecule has 0 aromatic heterocycles. The number of rotatable bonds is 5. The van der Waals surface area contributed by atoms with Crippen LogP contribution in [0.25, 0.3) is 0 Å². The van der Waals surface area contributed by atoms with Crippen molar-refractivity contribution in [2.45, 2.75) is 31.3 Å². The van der Waals surface area contributed by atoms with Crippen LogP contribution in [0.3, 0.4) is 0 Å². The molecule has 2 aromatic carbocycles. The van der Waals surface area contributed by atoms with Gasteiger partial charge in [-0.1, -0.05) is 19.1 Å². The lowest BCUT2D eigenvalue weighted by atomic mass is 10.2. The average molecular weight is 388 g/mol. The van der Waals surface area contributed by atoms with Crippen molar-refractivity contribution in [1.82, 2.24) is 0 Å². The zero-order valence-corrected chi connectivity index (χ0v) is 15.8. The second-order valence-electron chi connectivity index (χ2n) is 6.23. The monoisotopic (exact) mass is 388 g/mol. The summed E-state index contributed by atoms with van der Waals surface area (Å²) in [6.45, 7) is 3.41. The number of fused-ring (bicyclic) bond motifs is 1. The minimum atomic E-state index is -3.54. The molecule has 7 nitrogen and oxygen atoms in total. The van der Waals surface area contributed by atoms with Crippen LogP contribution < -0.4 is 15.4 Å². The van der Waals surface area contributed by atoms with E-state index in [4.69, 9.17) is 4.74 Å². The number of hydrogen-bond acceptors (Lipinski definition) is 5. The Hall–Kier alpha value is -2.87. The van der Waals surface area contributed by atoms with Crippen molar-refractivity contribution in [3.8, 4) is 5.75 Å². The number of amides is 2. The van der Waals surface area contributed by atoms with Crippen LogP contribution >= 0.6 is 0 Å². The number of anilines is 2. The molecular formula is C19H20N2O5S. The lowest BCUT2D eigenvalue weighted by Crippen LogP contribution is -2.34. The van der Waals surface area contributed by atoms with E-state index in [-0.39, 0.29) is 22.1 Å². The van der Waals surface area contributed by atoms with Gasteiger partial charge in [-0.25, -0.2) is 8.42 Å². The molecule has 1 atom stereocenters. The van der Waals surface area contributed by atoms with Gasteiger partial charge in [-0.2, -0.15) is 0 Å². The first-order valence-corrected chi connectivity index (χ1v) is 10.2. The standard InChI is InChI=1S/C19H20N2O5S/c1-3-10-27(24,25)17-7-5-4-6-14(17)19(23)20-13-8-9-16-15(11-13)21-18(22)12(2)26-16/h4-9,11-12H,3,10H2,1-2H3,(H,20,23)(H,21,22)/t12-/m1/s1. The fraction of sp³-hybridized carbons (Fsp3) is 0.263. The van der Waals surface area contributed by atoms with Crippen LogP contribution in [0.5, 0.6) is 5.75 Å². The van der Waals surface area contributed by atoms with Crippen LogP contribution in [-0.4, -0.2) is 32.1 Å². The molecule has 0 bridgehead atoms. The second kappa shape index (κ2) is 7.40. The van der Waals surface area contributed by atoms with Gasteiger partial charge in [0.2, 0.25) is 0 Å². The van der Waals surface area contributed by atoms with Gasteiger partial charge < -0.3 is 15.4 Å². The topological polar surface area (TPSA) is 102 Å². The smallest absolute Gasteiger partial charge is 0.265 e. The van der Waals surface area contributed by atoms with Gasteiger partial charge in [0, 0.05) is 5.69 Å². The molecule has 0 spiro atoms. The summed E-state index contributed by atoms with van der Waals surface area (Å²) >= 11 is 0. The molecule has 142 valence electrons. The number of hydrogen-bond donors (Lipinski definition) is 2. The van der Waals surface area contributed by atoms with Crippen molar-refractivity contribution in [2.24, 2.45) is 0 Å². The van der Waals surface area contributed by atoms with Crippen molar-refractivity contribution in [1.29, 1.82) is 0 Å². The van der Waals surface area contributed by atoms with E-state index in [1.54, 1.807) is 44.2 Å². The van der Waals surface area contributed by atoms with Crippen LogP contribution in [-0.2, 0) is 14.6 Å². The van der Waals surface area contributed by atoms with Crippen molar-refractivity contribution in [3.63, 3.8) is 0 Å². The lowest BCUT2D eigenvalue weighted by molar-refractivity contribution is -0.122. The van der Waals surface area contributed by atoms with E-state index in [9.17, 15) is 18.0 Å². The van der Waals surface area contributed by atoms with Gasteiger partial charge in [-0.15, -0.1) is 0 Å². The Morgan fingerprint density at radius 2 is 1.96 bits per heavy atom. The molecule has 0 radical (unpaired) electrons. The summed E-state index contributed by atoms with van der Waals surface area (Å²) in [5, 5.41) is 5.38. The van der Waals surface area contributed by atoms with Gasteiger partial charge in [0.25, 0.3) is 11.8 Å². The Bertz CT molecular complexity index is 1000. The maximum Gasteiger partial charge on any atom is 0.265 e. The van der Waals surface area contributed by atoms with E-state index in [2.05, 4.69) is 10.6 Å². The maximum absolute atomic E-state index is 12.7. The minimum absolute atomic E-state index is 0.00720. The first-order chi connectivity index (χ1) is 12.8. The highest BCUT2D eigenvalue weighted by molar-refractivity contribution is 7.91. The molecule has 0 saturated heterocycles. The molecule has 0 aliphatic carbocycles. The Morgan fingerprint density at radius 3 is 2.70 bits per heavy atom. The van der Waals surface area contributed by atoms with Crippen molar-refractivity contribution < 1.29 is 22.7 Å². The van der Waals surface area contributed by atoms with Gasteiger partial charge in [0.15, 0.2) is 15.9 Å². The lowest BCUT2D eigenvalue weighted by Gasteiger charge is -2.23. The minimum Gasteiger partial charge on any atom is -0.479 e. The van der Waals surface area contributed by atoms with Crippen LogP contribution in [0.15, 0.2) is 47.4 Å². The number of nitrogens with one attached hydrogen (secondary N) is 2. The van der Waals surface area contributed by atoms with Gasteiger partial charge in [0.05, 0.1) is 21.9 Å². The molecular weight excluding hydrogens is 368 g/mol. The molecule has 2 N–H and O–H groups in total. The zero-order valence-electron chi connectivity index (χ0n) is 15.0. The zero-order chi connectivity index (χ0) is 19.6. The quantitative estimate of drug-likeness (QED) is 0.820. The molecule has 1 aliphatic rings. The van der Waals surface area contributed by atoms with E-state index < -0.39 is 21.8 Å². The Kier molecular flexibility index (Phi) is 5.18. The fourth-order valence-corrected chi connectivity index (χ4v) is 4.33. The summed E-state index contributed by atoms with van der Waals surface area (Å²) in [5.41, 5.74) is 0.945. The summed E-state index contributed by atoms with van der Waals surface area (Å²) < 4.78 is 30.3. The average Bonchev–Trinajstić information content (AvgIpc) is 2.63. The summed E-state index contributed by atoms with van der Waals surface area (Å²) in [4.78, 5) is 24.4. The third-order valence-corrected chi connectivity index (χ3v) is 6.08. The fourth-order valence-electron chi connectivity index (χ4n) is 2.79. The van der Waals surface area contributed by atoms with Crippen molar-refractivity contribution in [2.75, 3.05) is 16.4 Å². The van der Waals surface area contributed by atoms with Crippen LogP contribution in [0.4, 0.5) is 11.4 Å². The molecule has 8 heteroatoms. The number of sulfone groups is 1. The largest absolute Gasteiger partial charge is 0.479 e. The SMILES string of the molecule is CCCS(=O)(=O)c1ccccc1C(=O)Nc1ccc2c(c1)NC(=O)[C@@H](C)O2. The van der Waals surface area contributed by atoms with Gasteiger partial charge >= 0.3 is 0 Å². The maximum atomic E-state index is 12.7. The molecule has 0 saturated carbocycles. The Labute approximate surface area is 157 Å². The normalized spacial score (nSPS) is 16.1. The van der Waals surface area contributed by atoms with Crippen molar-refractivity contribution >= 4 is 33.0 Å². The van der Waals surface area contributed by atoms with Gasteiger partial charge in [-0.05, 0) is 43.7 Å². The predicted octanol–water partition coefficient (Wildman–Crippen LogP) is 2.84. The number of carbonyl (C=O) groups is 2. The number of ether oxygens (including phenoxy) is 1. The summed E-state index contributed by atoms with van der Waals surface area (Å²) in [7, 11) is -3.54. The molecule has 3 rings (SSSR count). The van der Waals surface area contributed by atoms with E-state index in [0.717, 1.165) is 0 Å². The van der Waals surface area contributed by atoms with Crippen LogP contribution in [0, 0.1) is 0 Å². The highest BCUT2D eigenvalue weighted by atomic mass is 32.2. The second-order valence-corrected chi connectivity index (χ2v) is 8.31. The summed E-state index contributed by atoms with van der Waals surface area (Å²) in [6, 6.07) is 10.9. The van der Waals surface area contributed by atoms with Crippen LogP contribution in [0.1, 0.15) is 30.6 Å². The molecule has 1 heterocycles. The van der Waals surface area contributed by atoms with Gasteiger partial charge in [0.1, 0.15) is 5.75 Å². The van der Waals surface area contributed by atoms with E-state index >= 15 is 0 Å². The third kappa shape index (κ3) is 3.95. The predicted molar refractivity (Wildman–Crippen MR) is 102 cm³/mol. The molecule has 2 aromatic rings. The van der Waals surface area contributed by atoms with E-state index in [1.165, 1.54) is 12.1 Å². The number of carbonyl (C=O) groups excluding carboxylic acids is 2. The molecule has 2 amide bonds. The molecule has 0 fully saturated rings. The number of benzene rings is 2. The van der Waals surface area contributed by atoms with Crippen LogP contribution in [0.2, 0.25) is 0 Å². The molecule has 0 unspecified atom stereocenters. The summed E-state index contributed by atoms with van der Waals surface area (Å²) in [6.07, 6.45) is -0.130. The van der Waals surface area contributed by atoms with Crippen molar-refractivity contribution in [3.05, 3.63) is 48.0 Å². The third-order valence-electron chi connectivity index (χ3n) is 4.11. The molecule has 27 heavy (non-hydrogen) atoms.